The predicted octanol–water partition coefficient (Wildman–Crippen LogP) is 4.49. The SMILES string of the molecule is CC(C)(C)OC(=O)N1CCC(/C=C/c2ccc(F)cc2)CC1. The molecule has 120 valence electrons. The second kappa shape index (κ2) is 6.95. The van der Waals surface area contributed by atoms with Crippen LogP contribution in [0.1, 0.15) is 39.2 Å². The molecule has 1 aromatic carbocycles. The van der Waals surface area contributed by atoms with Crippen LogP contribution in [0, 0.1) is 11.7 Å². The lowest BCUT2D eigenvalue weighted by atomic mass is 9.96. The van der Waals surface area contributed by atoms with Gasteiger partial charge in [0.25, 0.3) is 0 Å². The molecule has 0 bridgehead atoms. The zero-order chi connectivity index (χ0) is 16.2. The minimum Gasteiger partial charge on any atom is -0.444 e. The van der Waals surface area contributed by atoms with Crippen molar-refractivity contribution in [3.8, 4) is 0 Å². The number of likely N-dealkylation sites (tertiary alicyclic amines) is 1. The Labute approximate surface area is 131 Å². The summed E-state index contributed by atoms with van der Waals surface area (Å²) in [6.07, 6.45) is 5.80. The van der Waals surface area contributed by atoms with Crippen molar-refractivity contribution in [3.05, 3.63) is 41.7 Å². The van der Waals surface area contributed by atoms with E-state index in [2.05, 4.69) is 6.08 Å². The van der Waals surface area contributed by atoms with Crippen molar-refractivity contribution in [3.63, 3.8) is 0 Å². The highest BCUT2D eigenvalue weighted by Crippen LogP contribution is 2.21. The van der Waals surface area contributed by atoms with Gasteiger partial charge in [0, 0.05) is 13.1 Å². The molecule has 1 aliphatic heterocycles. The molecule has 0 N–H and O–H groups in total. The summed E-state index contributed by atoms with van der Waals surface area (Å²) in [7, 11) is 0. The fraction of sp³-hybridized carbons (Fsp3) is 0.500. The van der Waals surface area contributed by atoms with Gasteiger partial charge in [-0.2, -0.15) is 0 Å². The Kier molecular flexibility index (Phi) is 5.22. The summed E-state index contributed by atoms with van der Waals surface area (Å²) < 4.78 is 18.2. The van der Waals surface area contributed by atoms with E-state index in [4.69, 9.17) is 4.74 Å². The van der Waals surface area contributed by atoms with Crippen molar-refractivity contribution in [2.24, 2.45) is 5.92 Å². The monoisotopic (exact) mass is 305 g/mol. The summed E-state index contributed by atoms with van der Waals surface area (Å²) in [5.74, 6) is 0.228. The smallest absolute Gasteiger partial charge is 0.410 e. The van der Waals surface area contributed by atoms with E-state index in [0.717, 1.165) is 18.4 Å². The van der Waals surface area contributed by atoms with Gasteiger partial charge in [0.1, 0.15) is 11.4 Å². The third-order valence-corrected chi connectivity index (χ3v) is 3.62. The number of hydrogen-bond acceptors (Lipinski definition) is 2. The highest BCUT2D eigenvalue weighted by Gasteiger charge is 2.25. The van der Waals surface area contributed by atoms with Crippen LogP contribution >= 0.6 is 0 Å². The van der Waals surface area contributed by atoms with Gasteiger partial charge in [-0.15, -0.1) is 0 Å². The largest absolute Gasteiger partial charge is 0.444 e. The number of benzene rings is 1. The fourth-order valence-electron chi connectivity index (χ4n) is 2.42. The molecule has 1 saturated heterocycles. The van der Waals surface area contributed by atoms with Gasteiger partial charge in [0.15, 0.2) is 0 Å². The minimum atomic E-state index is -0.448. The van der Waals surface area contributed by atoms with Crippen LogP contribution in [0.15, 0.2) is 30.3 Å². The van der Waals surface area contributed by atoms with E-state index in [-0.39, 0.29) is 11.9 Å². The number of halogens is 1. The van der Waals surface area contributed by atoms with E-state index in [1.807, 2.05) is 26.8 Å². The molecule has 4 heteroatoms. The van der Waals surface area contributed by atoms with Crippen LogP contribution < -0.4 is 0 Å². The number of ether oxygens (including phenoxy) is 1. The molecule has 0 saturated carbocycles. The molecular formula is C18H24FNO2. The van der Waals surface area contributed by atoms with Crippen molar-refractivity contribution in [1.82, 2.24) is 4.90 Å². The van der Waals surface area contributed by atoms with Gasteiger partial charge in [0.2, 0.25) is 0 Å². The summed E-state index contributed by atoms with van der Waals surface area (Å²) >= 11 is 0. The van der Waals surface area contributed by atoms with Gasteiger partial charge in [-0.1, -0.05) is 24.3 Å². The maximum Gasteiger partial charge on any atom is 0.410 e. The van der Waals surface area contributed by atoms with Gasteiger partial charge in [-0.25, -0.2) is 9.18 Å². The maximum absolute atomic E-state index is 12.8. The molecule has 1 amide bonds. The van der Waals surface area contributed by atoms with E-state index >= 15 is 0 Å². The third kappa shape index (κ3) is 5.17. The number of allylic oxidation sites excluding steroid dienone is 1. The third-order valence-electron chi connectivity index (χ3n) is 3.62. The van der Waals surface area contributed by atoms with E-state index in [0.29, 0.717) is 19.0 Å². The summed E-state index contributed by atoms with van der Waals surface area (Å²) in [5, 5.41) is 0. The van der Waals surface area contributed by atoms with Gasteiger partial charge in [0.05, 0.1) is 0 Å². The quantitative estimate of drug-likeness (QED) is 0.806. The first-order chi connectivity index (χ1) is 10.3. The number of nitrogens with zero attached hydrogens (tertiary/aromatic N) is 1. The summed E-state index contributed by atoms with van der Waals surface area (Å²) in [6, 6.07) is 6.46. The highest BCUT2D eigenvalue weighted by molar-refractivity contribution is 5.68. The first-order valence-corrected chi connectivity index (χ1v) is 7.75. The highest BCUT2D eigenvalue weighted by atomic mass is 19.1. The van der Waals surface area contributed by atoms with Crippen LogP contribution in [0.2, 0.25) is 0 Å². The topological polar surface area (TPSA) is 29.5 Å². The summed E-state index contributed by atoms with van der Waals surface area (Å²) in [5.41, 5.74) is 0.548. The molecule has 1 aliphatic rings. The molecule has 0 aromatic heterocycles. The van der Waals surface area contributed by atoms with E-state index in [9.17, 15) is 9.18 Å². The van der Waals surface area contributed by atoms with Crippen LogP contribution in [0.25, 0.3) is 6.08 Å². The first-order valence-electron chi connectivity index (χ1n) is 7.75. The molecule has 22 heavy (non-hydrogen) atoms. The zero-order valence-electron chi connectivity index (χ0n) is 13.5. The zero-order valence-corrected chi connectivity index (χ0v) is 13.5. The lowest BCUT2D eigenvalue weighted by Crippen LogP contribution is -2.41. The molecule has 2 rings (SSSR count). The van der Waals surface area contributed by atoms with E-state index in [1.54, 1.807) is 17.0 Å². The minimum absolute atomic E-state index is 0.220. The van der Waals surface area contributed by atoms with E-state index < -0.39 is 5.60 Å². The Balaban J connectivity index is 1.82. The van der Waals surface area contributed by atoms with Crippen molar-refractivity contribution in [1.29, 1.82) is 0 Å². The van der Waals surface area contributed by atoms with Crippen LogP contribution in [0.5, 0.6) is 0 Å². The van der Waals surface area contributed by atoms with Gasteiger partial charge >= 0.3 is 6.09 Å². The van der Waals surface area contributed by atoms with Gasteiger partial charge < -0.3 is 9.64 Å². The molecule has 1 aromatic rings. The van der Waals surface area contributed by atoms with Gasteiger partial charge in [-0.05, 0) is 57.2 Å². The Hall–Kier alpha value is -1.84. The molecule has 0 atom stereocenters. The number of hydrogen-bond donors (Lipinski definition) is 0. The standard InChI is InChI=1S/C18H24FNO2/c1-18(2,3)22-17(21)20-12-10-15(11-13-20)5-4-14-6-8-16(19)9-7-14/h4-9,15H,10-13H2,1-3H3/b5-4+. The average Bonchev–Trinajstić information content (AvgIpc) is 2.45. The Morgan fingerprint density at radius 1 is 1.23 bits per heavy atom. The number of amides is 1. The van der Waals surface area contributed by atoms with Crippen molar-refractivity contribution >= 4 is 12.2 Å². The van der Waals surface area contributed by atoms with E-state index in [1.165, 1.54) is 12.1 Å². The number of piperidine rings is 1. The number of carbonyl (C=O) groups excluding carboxylic acids is 1. The normalized spacial score (nSPS) is 17.0. The Bertz CT molecular complexity index is 523. The second-order valence-corrected chi connectivity index (χ2v) is 6.72. The van der Waals surface area contributed by atoms with Gasteiger partial charge in [-0.3, -0.25) is 0 Å². The maximum atomic E-state index is 12.8. The number of rotatable bonds is 2. The molecular weight excluding hydrogens is 281 g/mol. The van der Waals surface area contributed by atoms with Crippen molar-refractivity contribution in [2.45, 2.75) is 39.2 Å². The molecule has 0 unspecified atom stereocenters. The average molecular weight is 305 g/mol. The van der Waals surface area contributed by atoms with Crippen LogP contribution in [-0.4, -0.2) is 29.7 Å². The molecule has 1 heterocycles. The number of carbonyl (C=O) groups is 1. The van der Waals surface area contributed by atoms with Crippen molar-refractivity contribution < 1.29 is 13.9 Å². The molecule has 0 spiro atoms. The predicted molar refractivity (Wildman–Crippen MR) is 86.0 cm³/mol. The second-order valence-electron chi connectivity index (χ2n) is 6.72. The lowest BCUT2D eigenvalue weighted by molar-refractivity contribution is 0.0197. The van der Waals surface area contributed by atoms with Crippen LogP contribution in [0.3, 0.4) is 0 Å². The Morgan fingerprint density at radius 2 is 1.82 bits per heavy atom. The lowest BCUT2D eigenvalue weighted by Gasteiger charge is -2.32. The Morgan fingerprint density at radius 3 is 2.36 bits per heavy atom. The molecule has 0 radical (unpaired) electrons. The fourth-order valence-corrected chi connectivity index (χ4v) is 2.42. The van der Waals surface area contributed by atoms with Crippen molar-refractivity contribution in [2.75, 3.05) is 13.1 Å². The molecule has 3 nitrogen and oxygen atoms in total. The first kappa shape index (κ1) is 16.5. The van der Waals surface area contributed by atoms with Crippen LogP contribution in [-0.2, 0) is 4.74 Å². The summed E-state index contributed by atoms with van der Waals surface area (Å²) in [6.45, 7) is 7.07. The molecule has 1 fully saturated rings. The molecule has 0 aliphatic carbocycles. The summed E-state index contributed by atoms with van der Waals surface area (Å²) in [4.78, 5) is 13.8. The van der Waals surface area contributed by atoms with Crippen LogP contribution in [0.4, 0.5) is 9.18 Å².